The van der Waals surface area contributed by atoms with Crippen LogP contribution in [0, 0.1) is 0 Å². The average Bonchev–Trinajstić information content (AvgIpc) is 2.72. The molecule has 6 nitrogen and oxygen atoms in total. The minimum Gasteiger partial charge on any atom is -0.495 e. The monoisotopic (exact) mass is 454 g/mol. The van der Waals surface area contributed by atoms with E-state index in [0.717, 1.165) is 35.2 Å². The molecule has 0 radical (unpaired) electrons. The fourth-order valence-corrected chi connectivity index (χ4v) is 3.71. The third-order valence-electron chi connectivity index (χ3n) is 4.71. The standard InChI is InChI=1S/C20H20Cl2N4O2.ClH/c1-27-18-5-2-13(10-17(18)22)12-23-19-16-11-14(21)3-4-15(16)20(25-24-19)26-6-8-28-9-7-26;/h2-5,10-11H,6-9,12H2,1H3,(H,23,24);1H. The molecular weight excluding hydrogens is 435 g/mol. The molecule has 1 fully saturated rings. The van der Waals surface area contributed by atoms with Crippen LogP contribution in [-0.2, 0) is 11.3 Å². The Morgan fingerprint density at radius 3 is 2.59 bits per heavy atom. The van der Waals surface area contributed by atoms with E-state index in [4.69, 9.17) is 32.7 Å². The zero-order valence-corrected chi connectivity index (χ0v) is 18.2. The van der Waals surface area contributed by atoms with Crippen molar-refractivity contribution in [3.63, 3.8) is 0 Å². The quantitative estimate of drug-likeness (QED) is 0.595. The molecular formula is C20H21Cl3N4O2. The van der Waals surface area contributed by atoms with Gasteiger partial charge in [0.25, 0.3) is 0 Å². The minimum absolute atomic E-state index is 0. The van der Waals surface area contributed by atoms with Crippen LogP contribution in [0.3, 0.4) is 0 Å². The van der Waals surface area contributed by atoms with Gasteiger partial charge in [0.05, 0.1) is 25.3 Å². The van der Waals surface area contributed by atoms with E-state index in [2.05, 4.69) is 20.4 Å². The third kappa shape index (κ3) is 4.78. The molecule has 0 aliphatic carbocycles. The van der Waals surface area contributed by atoms with Gasteiger partial charge in [0.1, 0.15) is 5.75 Å². The Bertz CT molecular complexity index is 997. The van der Waals surface area contributed by atoms with Crippen molar-refractivity contribution in [1.82, 2.24) is 10.2 Å². The largest absolute Gasteiger partial charge is 0.495 e. The summed E-state index contributed by atoms with van der Waals surface area (Å²) >= 11 is 12.5. The van der Waals surface area contributed by atoms with Crippen molar-refractivity contribution in [1.29, 1.82) is 0 Å². The second-order valence-electron chi connectivity index (χ2n) is 6.48. The molecule has 2 heterocycles. The molecule has 0 spiro atoms. The van der Waals surface area contributed by atoms with Gasteiger partial charge in [0.15, 0.2) is 11.6 Å². The highest BCUT2D eigenvalue weighted by molar-refractivity contribution is 6.32. The summed E-state index contributed by atoms with van der Waals surface area (Å²) in [6.07, 6.45) is 0. The molecule has 9 heteroatoms. The summed E-state index contributed by atoms with van der Waals surface area (Å²) in [6.45, 7) is 3.52. The summed E-state index contributed by atoms with van der Waals surface area (Å²) in [5.74, 6) is 2.19. The lowest BCUT2D eigenvalue weighted by atomic mass is 10.1. The fraction of sp³-hybridized carbons (Fsp3) is 0.300. The fourth-order valence-electron chi connectivity index (χ4n) is 3.26. The van der Waals surface area contributed by atoms with Gasteiger partial charge in [-0.15, -0.1) is 22.6 Å². The highest BCUT2D eigenvalue weighted by atomic mass is 35.5. The molecule has 2 aromatic carbocycles. The van der Waals surface area contributed by atoms with Crippen molar-refractivity contribution >= 4 is 58.0 Å². The molecule has 1 aromatic heterocycles. The van der Waals surface area contributed by atoms with Gasteiger partial charge in [0, 0.05) is 35.4 Å². The van der Waals surface area contributed by atoms with Crippen molar-refractivity contribution < 1.29 is 9.47 Å². The van der Waals surface area contributed by atoms with Crippen molar-refractivity contribution in [3.8, 4) is 5.75 Å². The number of anilines is 2. The Kier molecular flexibility index (Phi) is 7.24. The summed E-state index contributed by atoms with van der Waals surface area (Å²) in [7, 11) is 1.60. The van der Waals surface area contributed by atoms with E-state index in [-0.39, 0.29) is 12.4 Å². The Morgan fingerprint density at radius 2 is 1.86 bits per heavy atom. The van der Waals surface area contributed by atoms with E-state index >= 15 is 0 Å². The number of aromatic nitrogens is 2. The maximum absolute atomic E-state index is 6.26. The Morgan fingerprint density at radius 1 is 1.07 bits per heavy atom. The zero-order valence-electron chi connectivity index (χ0n) is 15.8. The lowest BCUT2D eigenvalue weighted by molar-refractivity contribution is 0.122. The van der Waals surface area contributed by atoms with Crippen LogP contribution in [0.1, 0.15) is 5.56 Å². The average molecular weight is 456 g/mol. The molecule has 0 atom stereocenters. The van der Waals surface area contributed by atoms with Crippen molar-refractivity contribution in [2.24, 2.45) is 0 Å². The second kappa shape index (κ2) is 9.67. The molecule has 1 saturated heterocycles. The summed E-state index contributed by atoms with van der Waals surface area (Å²) in [4.78, 5) is 2.19. The van der Waals surface area contributed by atoms with Gasteiger partial charge in [-0.25, -0.2) is 0 Å². The minimum atomic E-state index is 0. The zero-order chi connectivity index (χ0) is 19.5. The second-order valence-corrected chi connectivity index (χ2v) is 7.33. The number of methoxy groups -OCH3 is 1. The molecule has 0 saturated carbocycles. The molecule has 4 rings (SSSR count). The van der Waals surface area contributed by atoms with E-state index in [1.165, 1.54) is 0 Å². The molecule has 0 bridgehead atoms. The molecule has 29 heavy (non-hydrogen) atoms. The van der Waals surface area contributed by atoms with Gasteiger partial charge >= 0.3 is 0 Å². The molecule has 154 valence electrons. The first-order valence-corrected chi connectivity index (χ1v) is 9.76. The Labute approximate surface area is 185 Å². The highest BCUT2D eigenvalue weighted by Gasteiger charge is 2.18. The molecule has 3 aromatic rings. The van der Waals surface area contributed by atoms with Crippen molar-refractivity contribution in [2.45, 2.75) is 6.54 Å². The van der Waals surface area contributed by atoms with Crippen LogP contribution in [0.4, 0.5) is 11.6 Å². The van der Waals surface area contributed by atoms with Crippen molar-refractivity contribution in [3.05, 3.63) is 52.0 Å². The van der Waals surface area contributed by atoms with Gasteiger partial charge < -0.3 is 19.7 Å². The maximum Gasteiger partial charge on any atom is 0.159 e. The molecule has 0 amide bonds. The molecule has 1 aliphatic rings. The predicted molar refractivity (Wildman–Crippen MR) is 120 cm³/mol. The third-order valence-corrected chi connectivity index (χ3v) is 5.24. The summed E-state index contributed by atoms with van der Waals surface area (Å²) in [6, 6.07) is 11.5. The van der Waals surface area contributed by atoms with Crippen LogP contribution in [0.2, 0.25) is 10.0 Å². The lowest BCUT2D eigenvalue weighted by Gasteiger charge is -2.28. The Hall–Kier alpha value is -1.99. The first kappa shape index (κ1) is 21.7. The first-order valence-electron chi connectivity index (χ1n) is 9.00. The van der Waals surface area contributed by atoms with Crippen LogP contribution in [-0.4, -0.2) is 43.6 Å². The molecule has 1 N–H and O–H groups in total. The van der Waals surface area contributed by atoms with Gasteiger partial charge in [-0.1, -0.05) is 29.3 Å². The summed E-state index contributed by atoms with van der Waals surface area (Å²) in [5, 5.41) is 15.4. The SMILES string of the molecule is COc1ccc(CNc2nnc(N3CCOCC3)c3ccc(Cl)cc23)cc1Cl.Cl. The summed E-state index contributed by atoms with van der Waals surface area (Å²) < 4.78 is 10.6. The van der Waals surface area contributed by atoms with Crippen LogP contribution >= 0.6 is 35.6 Å². The number of benzene rings is 2. The van der Waals surface area contributed by atoms with Crippen LogP contribution in [0.15, 0.2) is 36.4 Å². The highest BCUT2D eigenvalue weighted by Crippen LogP contribution is 2.32. The number of halogens is 3. The number of nitrogens with zero attached hydrogens (tertiary/aromatic N) is 3. The summed E-state index contributed by atoms with van der Waals surface area (Å²) in [5.41, 5.74) is 1.01. The Balaban J connectivity index is 0.00000240. The number of morpholine rings is 1. The van der Waals surface area contributed by atoms with Crippen LogP contribution in [0.5, 0.6) is 5.75 Å². The normalized spacial score (nSPS) is 13.8. The lowest BCUT2D eigenvalue weighted by Crippen LogP contribution is -2.37. The van der Waals surface area contributed by atoms with Crippen molar-refractivity contribution in [2.75, 3.05) is 43.6 Å². The topological polar surface area (TPSA) is 59.5 Å². The number of nitrogens with one attached hydrogen (secondary N) is 1. The van der Waals surface area contributed by atoms with E-state index in [1.807, 2.05) is 36.4 Å². The van der Waals surface area contributed by atoms with Gasteiger partial charge in [-0.05, 0) is 35.9 Å². The number of rotatable bonds is 5. The molecule has 1 aliphatic heterocycles. The van der Waals surface area contributed by atoms with Gasteiger partial charge in [0.2, 0.25) is 0 Å². The number of hydrogen-bond donors (Lipinski definition) is 1. The number of hydrogen-bond acceptors (Lipinski definition) is 6. The van der Waals surface area contributed by atoms with E-state index in [9.17, 15) is 0 Å². The van der Waals surface area contributed by atoms with E-state index < -0.39 is 0 Å². The smallest absolute Gasteiger partial charge is 0.159 e. The first-order chi connectivity index (χ1) is 13.7. The number of ether oxygens (including phenoxy) is 2. The van der Waals surface area contributed by atoms with Gasteiger partial charge in [-0.2, -0.15) is 0 Å². The maximum atomic E-state index is 6.26. The predicted octanol–water partition coefficient (Wildman–Crippen LogP) is 4.82. The van der Waals surface area contributed by atoms with Crippen LogP contribution < -0.4 is 15.0 Å². The van der Waals surface area contributed by atoms with Gasteiger partial charge in [-0.3, -0.25) is 0 Å². The number of fused-ring (bicyclic) bond motifs is 1. The van der Waals surface area contributed by atoms with Crippen LogP contribution in [0.25, 0.3) is 10.8 Å². The van der Waals surface area contributed by atoms with E-state index in [0.29, 0.717) is 41.4 Å². The van der Waals surface area contributed by atoms with E-state index in [1.54, 1.807) is 7.11 Å². The molecule has 0 unspecified atom stereocenters.